The standard InChI is InChI=1S/C15H19NO2.C3H8/c1-11-13(10-16-9-8-15(17)18)7-6-12-4-2-3-5-14(11)12;1-3-2/h2-5,16H,6-10H2,1H3,(H,17,18);3H2,1-2H3. The van der Waals surface area contributed by atoms with Crippen LogP contribution < -0.4 is 5.32 Å². The Morgan fingerprint density at radius 3 is 2.57 bits per heavy atom. The van der Waals surface area contributed by atoms with Crippen molar-refractivity contribution in [3.63, 3.8) is 0 Å². The molecule has 1 aliphatic rings. The molecule has 0 unspecified atom stereocenters. The fraction of sp³-hybridized carbons (Fsp3) is 0.500. The number of carbonyl (C=O) groups is 1. The van der Waals surface area contributed by atoms with E-state index in [1.54, 1.807) is 0 Å². The van der Waals surface area contributed by atoms with Gasteiger partial charge in [-0.25, -0.2) is 0 Å². The van der Waals surface area contributed by atoms with E-state index in [9.17, 15) is 4.79 Å². The average molecular weight is 289 g/mol. The molecule has 0 saturated carbocycles. The molecule has 0 aromatic heterocycles. The SMILES string of the molecule is CC1=C(CNCCC(=O)O)CCc2ccccc21.CCC. The zero-order chi connectivity index (χ0) is 15.7. The maximum absolute atomic E-state index is 10.4. The molecule has 1 aromatic rings. The fourth-order valence-corrected chi connectivity index (χ4v) is 2.42. The first-order valence-corrected chi connectivity index (χ1v) is 7.79. The van der Waals surface area contributed by atoms with Gasteiger partial charge >= 0.3 is 5.97 Å². The maximum atomic E-state index is 10.4. The van der Waals surface area contributed by atoms with E-state index in [2.05, 4.69) is 50.4 Å². The van der Waals surface area contributed by atoms with Gasteiger partial charge in [-0.2, -0.15) is 0 Å². The summed E-state index contributed by atoms with van der Waals surface area (Å²) in [7, 11) is 0. The number of aryl methyl sites for hydroxylation is 1. The minimum atomic E-state index is -0.748. The van der Waals surface area contributed by atoms with Crippen molar-refractivity contribution >= 4 is 11.5 Å². The molecule has 3 nitrogen and oxygen atoms in total. The van der Waals surface area contributed by atoms with E-state index in [4.69, 9.17) is 5.11 Å². The molecule has 0 fully saturated rings. The number of carboxylic acid groups (broad SMARTS) is 1. The van der Waals surface area contributed by atoms with Crippen LogP contribution in [0.4, 0.5) is 0 Å². The molecule has 1 aliphatic carbocycles. The van der Waals surface area contributed by atoms with Crippen LogP contribution in [0.2, 0.25) is 0 Å². The first-order chi connectivity index (χ1) is 10.1. The third-order valence-corrected chi connectivity index (χ3v) is 3.50. The van der Waals surface area contributed by atoms with E-state index >= 15 is 0 Å². The van der Waals surface area contributed by atoms with Crippen molar-refractivity contribution in [2.75, 3.05) is 13.1 Å². The van der Waals surface area contributed by atoms with Gasteiger partial charge in [-0.3, -0.25) is 4.79 Å². The highest BCUT2D eigenvalue weighted by molar-refractivity contribution is 5.71. The summed E-state index contributed by atoms with van der Waals surface area (Å²) in [6.45, 7) is 7.74. The lowest BCUT2D eigenvalue weighted by molar-refractivity contribution is -0.136. The lowest BCUT2D eigenvalue weighted by atomic mass is 9.86. The summed E-state index contributed by atoms with van der Waals surface area (Å²) in [4.78, 5) is 10.4. The number of aliphatic carboxylic acids is 1. The molecule has 0 radical (unpaired) electrons. The number of rotatable bonds is 5. The van der Waals surface area contributed by atoms with Crippen LogP contribution in [-0.2, 0) is 11.2 Å². The van der Waals surface area contributed by atoms with Gasteiger partial charge in [-0.1, -0.05) is 50.1 Å². The van der Waals surface area contributed by atoms with Gasteiger partial charge in [0.2, 0.25) is 0 Å². The molecular weight excluding hydrogens is 262 g/mol. The summed E-state index contributed by atoms with van der Waals surface area (Å²) in [6.07, 6.45) is 3.59. The molecule has 2 N–H and O–H groups in total. The monoisotopic (exact) mass is 289 g/mol. The summed E-state index contributed by atoms with van der Waals surface area (Å²) in [5.41, 5.74) is 5.52. The first kappa shape index (κ1) is 17.4. The van der Waals surface area contributed by atoms with Crippen molar-refractivity contribution in [3.8, 4) is 0 Å². The highest BCUT2D eigenvalue weighted by atomic mass is 16.4. The van der Waals surface area contributed by atoms with Crippen LogP contribution in [0.1, 0.15) is 51.2 Å². The Hall–Kier alpha value is -1.61. The quantitative estimate of drug-likeness (QED) is 0.809. The molecule has 0 saturated heterocycles. The molecule has 0 bridgehead atoms. The van der Waals surface area contributed by atoms with Crippen LogP contribution in [-0.4, -0.2) is 24.2 Å². The van der Waals surface area contributed by atoms with Crippen LogP contribution in [0.5, 0.6) is 0 Å². The van der Waals surface area contributed by atoms with Crippen molar-refractivity contribution < 1.29 is 9.90 Å². The highest BCUT2D eigenvalue weighted by Gasteiger charge is 2.14. The predicted octanol–water partition coefficient (Wildman–Crippen LogP) is 3.89. The average Bonchev–Trinajstić information content (AvgIpc) is 2.46. The molecule has 21 heavy (non-hydrogen) atoms. The zero-order valence-electron chi connectivity index (χ0n) is 13.4. The summed E-state index contributed by atoms with van der Waals surface area (Å²) < 4.78 is 0. The third kappa shape index (κ3) is 5.72. The molecule has 1 aromatic carbocycles. The molecule has 0 aliphatic heterocycles. The largest absolute Gasteiger partial charge is 0.481 e. The van der Waals surface area contributed by atoms with Crippen molar-refractivity contribution in [3.05, 3.63) is 41.0 Å². The first-order valence-electron chi connectivity index (χ1n) is 7.79. The van der Waals surface area contributed by atoms with E-state index in [-0.39, 0.29) is 6.42 Å². The Labute approximate surface area is 128 Å². The normalized spacial score (nSPS) is 13.3. The Morgan fingerprint density at radius 2 is 1.90 bits per heavy atom. The van der Waals surface area contributed by atoms with Gasteiger partial charge in [0.05, 0.1) is 6.42 Å². The van der Waals surface area contributed by atoms with Crippen molar-refractivity contribution in [2.45, 2.75) is 46.5 Å². The number of hydrogen-bond donors (Lipinski definition) is 2. The Morgan fingerprint density at radius 1 is 1.24 bits per heavy atom. The summed E-state index contributed by atoms with van der Waals surface area (Å²) in [6, 6.07) is 8.51. The minimum absolute atomic E-state index is 0.183. The summed E-state index contributed by atoms with van der Waals surface area (Å²) in [5, 5.41) is 11.8. The molecule has 2 rings (SSSR count). The molecule has 3 heteroatoms. The topological polar surface area (TPSA) is 49.3 Å². The predicted molar refractivity (Wildman–Crippen MR) is 88.4 cm³/mol. The zero-order valence-corrected chi connectivity index (χ0v) is 13.4. The molecule has 0 heterocycles. The minimum Gasteiger partial charge on any atom is -0.481 e. The maximum Gasteiger partial charge on any atom is 0.304 e. The van der Waals surface area contributed by atoms with Gasteiger partial charge in [0.25, 0.3) is 0 Å². The summed E-state index contributed by atoms with van der Waals surface area (Å²) >= 11 is 0. The van der Waals surface area contributed by atoms with Crippen molar-refractivity contribution in [2.24, 2.45) is 0 Å². The number of benzene rings is 1. The van der Waals surface area contributed by atoms with E-state index in [0.29, 0.717) is 6.54 Å². The fourth-order valence-electron chi connectivity index (χ4n) is 2.42. The molecule has 116 valence electrons. The Kier molecular flexibility index (Phi) is 7.76. The number of hydrogen-bond acceptors (Lipinski definition) is 2. The van der Waals surface area contributed by atoms with Gasteiger partial charge in [-0.15, -0.1) is 0 Å². The second kappa shape index (κ2) is 9.35. The second-order valence-electron chi connectivity index (χ2n) is 5.41. The van der Waals surface area contributed by atoms with Gasteiger partial charge in [0.1, 0.15) is 0 Å². The van der Waals surface area contributed by atoms with E-state index in [0.717, 1.165) is 19.4 Å². The smallest absolute Gasteiger partial charge is 0.304 e. The number of nitrogens with one attached hydrogen (secondary N) is 1. The molecule has 0 spiro atoms. The van der Waals surface area contributed by atoms with Crippen molar-refractivity contribution in [1.29, 1.82) is 0 Å². The van der Waals surface area contributed by atoms with Gasteiger partial charge < -0.3 is 10.4 Å². The van der Waals surface area contributed by atoms with Crippen LogP contribution in [0, 0.1) is 0 Å². The van der Waals surface area contributed by atoms with Crippen LogP contribution >= 0.6 is 0 Å². The van der Waals surface area contributed by atoms with E-state index in [1.165, 1.54) is 28.7 Å². The van der Waals surface area contributed by atoms with Crippen LogP contribution in [0.3, 0.4) is 0 Å². The van der Waals surface area contributed by atoms with Gasteiger partial charge in [0, 0.05) is 13.1 Å². The molecular formula is C18H27NO2. The lowest BCUT2D eigenvalue weighted by Gasteiger charge is -2.21. The lowest BCUT2D eigenvalue weighted by Crippen LogP contribution is -2.22. The second-order valence-corrected chi connectivity index (χ2v) is 5.41. The Balaban J connectivity index is 0.000000677. The Bertz CT molecular complexity index is 492. The number of fused-ring (bicyclic) bond motifs is 1. The van der Waals surface area contributed by atoms with E-state index < -0.39 is 5.97 Å². The number of allylic oxidation sites excluding steroid dienone is 1. The van der Waals surface area contributed by atoms with Crippen LogP contribution in [0.15, 0.2) is 29.8 Å². The van der Waals surface area contributed by atoms with Gasteiger partial charge in [0.15, 0.2) is 0 Å². The summed E-state index contributed by atoms with van der Waals surface area (Å²) in [5.74, 6) is -0.748. The molecule has 0 atom stereocenters. The molecule has 0 amide bonds. The highest BCUT2D eigenvalue weighted by Crippen LogP contribution is 2.30. The third-order valence-electron chi connectivity index (χ3n) is 3.50. The van der Waals surface area contributed by atoms with Crippen molar-refractivity contribution in [1.82, 2.24) is 5.32 Å². The van der Waals surface area contributed by atoms with Crippen LogP contribution in [0.25, 0.3) is 5.57 Å². The van der Waals surface area contributed by atoms with Gasteiger partial charge in [-0.05, 0) is 36.5 Å². The van der Waals surface area contributed by atoms with E-state index in [1.807, 2.05) is 0 Å². The number of carboxylic acids is 1.